The summed E-state index contributed by atoms with van der Waals surface area (Å²) in [4.78, 5) is 12.1. The SMILES string of the molecule is CCC/C(=N\NC(=O)c1cccc(Cl)c1)c1ccc(Cl)cc1. The molecule has 0 saturated heterocycles. The second-order valence-corrected chi connectivity index (χ2v) is 5.64. The monoisotopic (exact) mass is 334 g/mol. The van der Waals surface area contributed by atoms with E-state index in [2.05, 4.69) is 17.5 Å². The molecule has 0 aliphatic carbocycles. The molecule has 2 aromatic rings. The van der Waals surface area contributed by atoms with Crippen LogP contribution in [-0.2, 0) is 0 Å². The molecule has 2 rings (SSSR count). The van der Waals surface area contributed by atoms with Crippen molar-refractivity contribution in [1.29, 1.82) is 0 Å². The van der Waals surface area contributed by atoms with Crippen LogP contribution in [0.15, 0.2) is 53.6 Å². The number of benzene rings is 2. The second-order valence-electron chi connectivity index (χ2n) is 4.77. The summed E-state index contributed by atoms with van der Waals surface area (Å²) in [7, 11) is 0. The molecule has 114 valence electrons. The molecule has 0 aliphatic heterocycles. The molecule has 0 radical (unpaired) electrons. The van der Waals surface area contributed by atoms with Crippen LogP contribution in [0.5, 0.6) is 0 Å². The smallest absolute Gasteiger partial charge is 0.267 e. The Bertz CT molecular complexity index is 681. The summed E-state index contributed by atoms with van der Waals surface area (Å²) in [6.45, 7) is 2.06. The Morgan fingerprint density at radius 1 is 1.05 bits per heavy atom. The van der Waals surface area contributed by atoms with Gasteiger partial charge in [-0.15, -0.1) is 0 Å². The van der Waals surface area contributed by atoms with Gasteiger partial charge in [0, 0.05) is 15.6 Å². The minimum atomic E-state index is -0.287. The first-order valence-electron chi connectivity index (χ1n) is 6.98. The van der Waals surface area contributed by atoms with E-state index in [0.29, 0.717) is 15.6 Å². The average Bonchev–Trinajstić information content (AvgIpc) is 2.52. The second kappa shape index (κ2) is 7.97. The molecule has 3 nitrogen and oxygen atoms in total. The zero-order chi connectivity index (χ0) is 15.9. The third-order valence-corrected chi connectivity index (χ3v) is 3.53. The molecule has 0 bridgehead atoms. The highest BCUT2D eigenvalue weighted by atomic mass is 35.5. The maximum absolute atomic E-state index is 12.1. The number of amides is 1. The Hall–Kier alpha value is -1.84. The molecular formula is C17H16Cl2N2O. The van der Waals surface area contributed by atoms with Crippen molar-refractivity contribution >= 4 is 34.8 Å². The van der Waals surface area contributed by atoms with Crippen molar-refractivity contribution in [3.8, 4) is 0 Å². The van der Waals surface area contributed by atoms with E-state index in [0.717, 1.165) is 24.1 Å². The highest BCUT2D eigenvalue weighted by Gasteiger charge is 2.07. The molecule has 0 aromatic heterocycles. The van der Waals surface area contributed by atoms with Crippen molar-refractivity contribution in [3.05, 3.63) is 69.7 Å². The third kappa shape index (κ3) is 4.58. The number of hydrogen-bond donors (Lipinski definition) is 1. The van der Waals surface area contributed by atoms with Crippen LogP contribution in [0.3, 0.4) is 0 Å². The Balaban J connectivity index is 2.16. The van der Waals surface area contributed by atoms with Gasteiger partial charge in [0.15, 0.2) is 0 Å². The van der Waals surface area contributed by atoms with Gasteiger partial charge in [0.1, 0.15) is 0 Å². The van der Waals surface area contributed by atoms with Crippen LogP contribution < -0.4 is 5.43 Å². The number of halogens is 2. The van der Waals surface area contributed by atoms with E-state index >= 15 is 0 Å². The number of carbonyl (C=O) groups is 1. The number of carbonyl (C=O) groups excluding carboxylic acids is 1. The predicted molar refractivity (Wildman–Crippen MR) is 91.8 cm³/mol. The summed E-state index contributed by atoms with van der Waals surface area (Å²) in [5.41, 5.74) is 4.81. The van der Waals surface area contributed by atoms with Crippen molar-refractivity contribution < 1.29 is 4.79 Å². The highest BCUT2D eigenvalue weighted by molar-refractivity contribution is 6.31. The Morgan fingerprint density at radius 2 is 1.77 bits per heavy atom. The Labute approximate surface area is 139 Å². The lowest BCUT2D eigenvalue weighted by Crippen LogP contribution is -2.20. The molecule has 5 heteroatoms. The Kier molecular flexibility index (Phi) is 5.99. The summed E-state index contributed by atoms with van der Waals surface area (Å²) in [5.74, 6) is -0.287. The van der Waals surface area contributed by atoms with Crippen molar-refractivity contribution in [2.45, 2.75) is 19.8 Å². The van der Waals surface area contributed by atoms with Gasteiger partial charge in [0.25, 0.3) is 5.91 Å². The fourth-order valence-electron chi connectivity index (χ4n) is 1.96. The van der Waals surface area contributed by atoms with Crippen LogP contribution in [0.2, 0.25) is 10.0 Å². The molecule has 22 heavy (non-hydrogen) atoms. The molecule has 0 atom stereocenters. The lowest BCUT2D eigenvalue weighted by atomic mass is 10.1. The van der Waals surface area contributed by atoms with Crippen LogP contribution in [0, 0.1) is 0 Å². The first-order chi connectivity index (χ1) is 10.6. The summed E-state index contributed by atoms with van der Waals surface area (Å²) in [5, 5.41) is 5.44. The summed E-state index contributed by atoms with van der Waals surface area (Å²) < 4.78 is 0. The molecule has 0 saturated carbocycles. The number of nitrogens with zero attached hydrogens (tertiary/aromatic N) is 1. The quantitative estimate of drug-likeness (QED) is 0.611. The minimum absolute atomic E-state index is 0.287. The molecule has 0 fully saturated rings. The fourth-order valence-corrected chi connectivity index (χ4v) is 2.27. The first-order valence-corrected chi connectivity index (χ1v) is 7.74. The van der Waals surface area contributed by atoms with Crippen molar-refractivity contribution in [2.75, 3.05) is 0 Å². The summed E-state index contributed by atoms with van der Waals surface area (Å²) in [6.07, 6.45) is 1.69. The molecule has 0 unspecified atom stereocenters. The van der Waals surface area contributed by atoms with E-state index in [-0.39, 0.29) is 5.91 Å². The maximum atomic E-state index is 12.1. The van der Waals surface area contributed by atoms with E-state index < -0.39 is 0 Å². The Morgan fingerprint density at radius 3 is 2.41 bits per heavy atom. The lowest BCUT2D eigenvalue weighted by Gasteiger charge is -2.07. The van der Waals surface area contributed by atoms with E-state index in [1.54, 1.807) is 36.4 Å². The van der Waals surface area contributed by atoms with E-state index in [1.807, 2.05) is 12.1 Å². The first kappa shape index (κ1) is 16.5. The van der Waals surface area contributed by atoms with Gasteiger partial charge in [-0.25, -0.2) is 5.43 Å². The third-order valence-electron chi connectivity index (χ3n) is 3.04. The van der Waals surface area contributed by atoms with Gasteiger partial charge in [0.2, 0.25) is 0 Å². The van der Waals surface area contributed by atoms with Gasteiger partial charge >= 0.3 is 0 Å². The largest absolute Gasteiger partial charge is 0.271 e. The van der Waals surface area contributed by atoms with Crippen LogP contribution >= 0.6 is 23.2 Å². The molecule has 1 amide bonds. The highest BCUT2D eigenvalue weighted by Crippen LogP contribution is 2.13. The topological polar surface area (TPSA) is 41.5 Å². The predicted octanol–water partition coefficient (Wildman–Crippen LogP) is 4.93. The summed E-state index contributed by atoms with van der Waals surface area (Å²) >= 11 is 11.8. The fraction of sp³-hybridized carbons (Fsp3) is 0.176. The van der Waals surface area contributed by atoms with Gasteiger partial charge in [0.05, 0.1) is 5.71 Å². The van der Waals surface area contributed by atoms with Gasteiger partial charge in [-0.3, -0.25) is 4.79 Å². The lowest BCUT2D eigenvalue weighted by molar-refractivity contribution is 0.0955. The van der Waals surface area contributed by atoms with Crippen molar-refractivity contribution in [2.24, 2.45) is 5.10 Å². The van der Waals surface area contributed by atoms with E-state index in [9.17, 15) is 4.79 Å². The molecular weight excluding hydrogens is 319 g/mol. The number of rotatable bonds is 5. The van der Waals surface area contributed by atoms with Gasteiger partial charge < -0.3 is 0 Å². The normalized spacial score (nSPS) is 11.3. The van der Waals surface area contributed by atoms with Gasteiger partial charge in [-0.2, -0.15) is 5.10 Å². The maximum Gasteiger partial charge on any atom is 0.271 e. The van der Waals surface area contributed by atoms with E-state index in [1.165, 1.54) is 0 Å². The van der Waals surface area contributed by atoms with Crippen LogP contribution in [0.1, 0.15) is 35.7 Å². The van der Waals surface area contributed by atoms with Gasteiger partial charge in [-0.1, -0.05) is 54.7 Å². The van der Waals surface area contributed by atoms with Gasteiger partial charge in [-0.05, 0) is 42.3 Å². The number of hydrazone groups is 1. The molecule has 0 spiro atoms. The standard InChI is InChI=1S/C17H16Cl2N2O/c1-2-4-16(12-7-9-14(18)10-8-12)20-21-17(22)13-5-3-6-15(19)11-13/h3,5-11H,2,4H2,1H3,(H,21,22)/b20-16+. The number of hydrogen-bond acceptors (Lipinski definition) is 2. The number of nitrogens with one attached hydrogen (secondary N) is 1. The van der Waals surface area contributed by atoms with Crippen LogP contribution in [0.25, 0.3) is 0 Å². The van der Waals surface area contributed by atoms with Crippen LogP contribution in [-0.4, -0.2) is 11.6 Å². The minimum Gasteiger partial charge on any atom is -0.267 e. The van der Waals surface area contributed by atoms with Crippen LogP contribution in [0.4, 0.5) is 0 Å². The summed E-state index contributed by atoms with van der Waals surface area (Å²) in [6, 6.07) is 14.1. The molecule has 0 heterocycles. The average molecular weight is 335 g/mol. The molecule has 2 aromatic carbocycles. The molecule has 0 aliphatic rings. The zero-order valence-electron chi connectivity index (χ0n) is 12.1. The van der Waals surface area contributed by atoms with Crippen molar-refractivity contribution in [1.82, 2.24) is 5.43 Å². The zero-order valence-corrected chi connectivity index (χ0v) is 13.7. The van der Waals surface area contributed by atoms with E-state index in [4.69, 9.17) is 23.2 Å². The molecule has 1 N–H and O–H groups in total. The van der Waals surface area contributed by atoms with Crippen molar-refractivity contribution in [3.63, 3.8) is 0 Å².